The third kappa shape index (κ3) is 3.85. The lowest BCUT2D eigenvalue weighted by Gasteiger charge is -2.42. The molecule has 6 nitrogen and oxygen atoms in total. The second-order valence-electron chi connectivity index (χ2n) is 8.94. The fraction of sp³-hybridized carbons (Fsp3) is 0.385. The van der Waals surface area contributed by atoms with Crippen LogP contribution in [-0.4, -0.2) is 52.5 Å². The summed E-state index contributed by atoms with van der Waals surface area (Å²) in [4.78, 5) is 29.1. The van der Waals surface area contributed by atoms with E-state index in [0.717, 1.165) is 40.7 Å². The summed E-state index contributed by atoms with van der Waals surface area (Å²) < 4.78 is 0. The second kappa shape index (κ2) is 8.69. The average molecular weight is 429 g/mol. The Bertz CT molecular complexity index is 1150. The van der Waals surface area contributed by atoms with Crippen LogP contribution in [0.3, 0.4) is 0 Å². The van der Waals surface area contributed by atoms with Gasteiger partial charge in [-0.3, -0.25) is 9.59 Å². The zero-order valence-corrected chi connectivity index (χ0v) is 18.4. The van der Waals surface area contributed by atoms with Gasteiger partial charge in [0.25, 0.3) is 0 Å². The first-order chi connectivity index (χ1) is 15.6. The molecule has 32 heavy (non-hydrogen) atoms. The number of piperazine rings is 1. The van der Waals surface area contributed by atoms with E-state index in [0.29, 0.717) is 32.5 Å². The minimum absolute atomic E-state index is 0.118. The number of hydrogen-bond acceptors (Lipinski definition) is 5. The van der Waals surface area contributed by atoms with Crippen molar-refractivity contribution in [3.63, 3.8) is 0 Å². The van der Waals surface area contributed by atoms with Crippen LogP contribution in [0.2, 0.25) is 0 Å². The highest BCUT2D eigenvalue weighted by Crippen LogP contribution is 2.33. The Balaban J connectivity index is 1.40. The fourth-order valence-corrected chi connectivity index (χ4v) is 5.08. The number of Topliss-reactive ketones (excluding diaryl/α,β-unsaturated/α-hetero) is 1. The molecule has 2 atom stereocenters. The van der Waals surface area contributed by atoms with E-state index in [1.807, 2.05) is 35.2 Å². The Hall–Kier alpha value is -3.28. The van der Waals surface area contributed by atoms with Crippen LogP contribution in [0.15, 0.2) is 54.6 Å². The van der Waals surface area contributed by atoms with E-state index in [2.05, 4.69) is 46.3 Å². The average Bonchev–Trinajstić information content (AvgIpc) is 2.83. The number of aromatic nitrogens is 2. The predicted octanol–water partition coefficient (Wildman–Crippen LogP) is 4.09. The third-order valence-electron chi connectivity index (χ3n) is 6.76. The Labute approximate surface area is 188 Å². The fourth-order valence-electron chi connectivity index (χ4n) is 5.08. The van der Waals surface area contributed by atoms with Crippen LogP contribution in [0.1, 0.15) is 32.6 Å². The predicted molar refractivity (Wildman–Crippen MR) is 125 cm³/mol. The number of nitrogens with zero attached hydrogens (tertiary/aromatic N) is 4. The van der Waals surface area contributed by atoms with Gasteiger partial charge in [-0.25, -0.2) is 0 Å². The molecule has 0 bridgehead atoms. The van der Waals surface area contributed by atoms with Crippen LogP contribution in [0.4, 0.5) is 5.82 Å². The normalized spacial score (nSPS) is 21.7. The molecule has 3 aromatic rings. The number of fused-ring (bicyclic) bond motifs is 1. The van der Waals surface area contributed by atoms with Crippen molar-refractivity contribution in [1.82, 2.24) is 15.1 Å². The van der Waals surface area contributed by atoms with Crippen LogP contribution in [0.5, 0.6) is 0 Å². The molecule has 0 N–H and O–H groups in total. The van der Waals surface area contributed by atoms with E-state index in [-0.39, 0.29) is 23.7 Å². The summed E-state index contributed by atoms with van der Waals surface area (Å²) in [6, 6.07) is 18.5. The van der Waals surface area contributed by atoms with Gasteiger partial charge in [0.2, 0.25) is 5.91 Å². The van der Waals surface area contributed by atoms with E-state index < -0.39 is 0 Å². The number of amides is 1. The van der Waals surface area contributed by atoms with Crippen molar-refractivity contribution in [1.29, 1.82) is 0 Å². The molecule has 2 aromatic carbocycles. The number of carbonyl (C=O) groups is 2. The smallest absolute Gasteiger partial charge is 0.226 e. The lowest BCUT2D eigenvalue weighted by atomic mass is 9.87. The van der Waals surface area contributed by atoms with E-state index in [9.17, 15) is 9.59 Å². The third-order valence-corrected chi connectivity index (χ3v) is 6.76. The molecule has 2 aliphatic rings. The van der Waals surface area contributed by atoms with E-state index >= 15 is 0 Å². The maximum Gasteiger partial charge on any atom is 0.226 e. The molecule has 164 valence electrons. The molecule has 2 fully saturated rings. The Kier molecular flexibility index (Phi) is 5.60. The summed E-state index contributed by atoms with van der Waals surface area (Å²) in [6.45, 7) is 4.12. The zero-order chi connectivity index (χ0) is 22.1. The minimum Gasteiger partial charge on any atom is -0.348 e. The molecule has 6 heteroatoms. The van der Waals surface area contributed by atoms with Crippen LogP contribution in [-0.2, 0) is 9.59 Å². The van der Waals surface area contributed by atoms with Crippen molar-refractivity contribution >= 4 is 28.3 Å². The van der Waals surface area contributed by atoms with Gasteiger partial charge in [0.05, 0.1) is 0 Å². The van der Waals surface area contributed by atoms with Gasteiger partial charge in [0.1, 0.15) is 11.5 Å². The van der Waals surface area contributed by atoms with Gasteiger partial charge in [0, 0.05) is 60.8 Å². The molecule has 0 spiro atoms. The molecule has 1 saturated carbocycles. The van der Waals surface area contributed by atoms with E-state index in [1.54, 1.807) is 0 Å². The number of rotatable bonds is 3. The van der Waals surface area contributed by atoms with E-state index in [1.165, 1.54) is 0 Å². The highest BCUT2D eigenvalue weighted by molar-refractivity contribution is 6.00. The summed E-state index contributed by atoms with van der Waals surface area (Å²) in [5, 5.41) is 11.4. The Morgan fingerprint density at radius 2 is 1.72 bits per heavy atom. The number of hydrogen-bond donors (Lipinski definition) is 0. The van der Waals surface area contributed by atoms with Gasteiger partial charge in [-0.05, 0) is 19.8 Å². The van der Waals surface area contributed by atoms with Gasteiger partial charge in [-0.2, -0.15) is 0 Å². The molecule has 1 unspecified atom stereocenters. The van der Waals surface area contributed by atoms with Gasteiger partial charge in [0.15, 0.2) is 5.82 Å². The summed E-state index contributed by atoms with van der Waals surface area (Å²) in [6.07, 6.45) is 2.69. The highest BCUT2D eigenvalue weighted by Gasteiger charge is 2.34. The standard InChI is InChI=1S/C26H28N4O2/c1-18-17-29(26(32)20-10-7-11-21(31)16-20)14-15-30(18)25-23-13-6-5-12-22(23)24(27-28-25)19-8-3-2-4-9-19/h2-6,8-9,12-13,18,20H,7,10-11,14-17H2,1H3/t18-,20?/m1/s1. The number of benzene rings is 2. The summed E-state index contributed by atoms with van der Waals surface area (Å²) in [7, 11) is 0. The SMILES string of the molecule is C[C@@H]1CN(C(=O)C2CCCC(=O)C2)CCN1c1nnc(-c2ccccc2)c2ccccc12. The monoisotopic (exact) mass is 428 g/mol. The highest BCUT2D eigenvalue weighted by atomic mass is 16.2. The molecule has 2 heterocycles. The Morgan fingerprint density at radius 3 is 2.47 bits per heavy atom. The van der Waals surface area contributed by atoms with Crippen LogP contribution in [0, 0.1) is 5.92 Å². The minimum atomic E-state index is -0.138. The quantitative estimate of drug-likeness (QED) is 0.629. The van der Waals surface area contributed by atoms with Gasteiger partial charge >= 0.3 is 0 Å². The van der Waals surface area contributed by atoms with Crippen molar-refractivity contribution in [2.24, 2.45) is 5.92 Å². The van der Waals surface area contributed by atoms with Crippen molar-refractivity contribution < 1.29 is 9.59 Å². The Morgan fingerprint density at radius 1 is 0.969 bits per heavy atom. The van der Waals surface area contributed by atoms with Crippen molar-refractivity contribution in [3.8, 4) is 11.3 Å². The van der Waals surface area contributed by atoms with Crippen LogP contribution >= 0.6 is 0 Å². The zero-order valence-electron chi connectivity index (χ0n) is 18.4. The number of carbonyl (C=O) groups excluding carboxylic acids is 2. The molecule has 1 saturated heterocycles. The van der Waals surface area contributed by atoms with Crippen molar-refractivity contribution in [3.05, 3.63) is 54.6 Å². The van der Waals surface area contributed by atoms with Crippen molar-refractivity contribution in [2.45, 2.75) is 38.6 Å². The second-order valence-corrected chi connectivity index (χ2v) is 8.94. The van der Waals surface area contributed by atoms with Crippen LogP contribution in [0.25, 0.3) is 22.0 Å². The van der Waals surface area contributed by atoms with Crippen molar-refractivity contribution in [2.75, 3.05) is 24.5 Å². The summed E-state index contributed by atoms with van der Waals surface area (Å²) in [5.41, 5.74) is 1.93. The molecule has 1 aliphatic heterocycles. The first kappa shape index (κ1) is 20.6. The van der Waals surface area contributed by atoms with E-state index in [4.69, 9.17) is 0 Å². The maximum absolute atomic E-state index is 13.0. The summed E-state index contributed by atoms with van der Waals surface area (Å²) in [5.74, 6) is 1.09. The number of anilines is 1. The lowest BCUT2D eigenvalue weighted by molar-refractivity contribution is -0.140. The number of ketones is 1. The molecular formula is C26H28N4O2. The first-order valence-corrected chi connectivity index (χ1v) is 11.5. The van der Waals surface area contributed by atoms with Gasteiger partial charge < -0.3 is 9.80 Å². The molecule has 1 aromatic heterocycles. The topological polar surface area (TPSA) is 66.4 Å². The molecular weight excluding hydrogens is 400 g/mol. The molecule has 0 radical (unpaired) electrons. The van der Waals surface area contributed by atoms with Gasteiger partial charge in [-0.1, -0.05) is 54.6 Å². The summed E-state index contributed by atoms with van der Waals surface area (Å²) >= 11 is 0. The van der Waals surface area contributed by atoms with Crippen LogP contribution < -0.4 is 4.90 Å². The maximum atomic E-state index is 13.0. The van der Waals surface area contributed by atoms with Gasteiger partial charge in [-0.15, -0.1) is 10.2 Å². The molecule has 1 amide bonds. The lowest BCUT2D eigenvalue weighted by Crippen LogP contribution is -2.55. The molecule has 5 rings (SSSR count). The molecule has 1 aliphatic carbocycles. The first-order valence-electron chi connectivity index (χ1n) is 11.5. The largest absolute Gasteiger partial charge is 0.348 e.